The number of hydrogen-bond acceptors (Lipinski definition) is 2. The number of aromatic nitrogens is 1. The van der Waals surface area contributed by atoms with E-state index in [0.29, 0.717) is 23.4 Å². The summed E-state index contributed by atoms with van der Waals surface area (Å²) >= 11 is 0. The Labute approximate surface area is 120 Å². The monoisotopic (exact) mass is 297 g/mol. The van der Waals surface area contributed by atoms with Crippen LogP contribution in [0.15, 0.2) is 24.3 Å². The Morgan fingerprint density at radius 2 is 2.10 bits per heavy atom. The van der Waals surface area contributed by atoms with Crippen molar-refractivity contribution >= 4 is 10.9 Å². The van der Waals surface area contributed by atoms with Crippen molar-refractivity contribution in [3.63, 3.8) is 0 Å². The molecule has 21 heavy (non-hydrogen) atoms. The predicted octanol–water partition coefficient (Wildman–Crippen LogP) is 3.14. The second-order valence-electron chi connectivity index (χ2n) is 5.82. The fraction of sp³-hybridized carbons (Fsp3) is 0.467. The summed E-state index contributed by atoms with van der Waals surface area (Å²) in [5.74, 6) is 0.452. The van der Waals surface area contributed by atoms with Crippen LogP contribution in [0.2, 0.25) is 0 Å². The average molecular weight is 297 g/mol. The first kappa shape index (κ1) is 14.4. The number of halogens is 3. The van der Waals surface area contributed by atoms with Gasteiger partial charge in [0.2, 0.25) is 0 Å². The molecule has 1 aliphatic heterocycles. The third-order valence-corrected chi connectivity index (χ3v) is 4.30. The Bertz CT molecular complexity index is 647. The standard InChI is InChI=1S/C15H18F3N3/c1-21-8-9(7-19)4-13(21)10-2-3-12-11(5-10)6-14(20-12)15(16,17)18/h2-3,5-6,9,13,20H,4,7-8,19H2,1H3. The third kappa shape index (κ3) is 2.65. The van der Waals surface area contributed by atoms with E-state index in [1.807, 2.05) is 19.2 Å². The van der Waals surface area contributed by atoms with E-state index in [2.05, 4.69) is 9.88 Å². The van der Waals surface area contributed by atoms with Crippen LogP contribution < -0.4 is 5.73 Å². The minimum atomic E-state index is -4.34. The average Bonchev–Trinajstić information content (AvgIpc) is 3.00. The van der Waals surface area contributed by atoms with Crippen LogP contribution in [-0.2, 0) is 6.18 Å². The summed E-state index contributed by atoms with van der Waals surface area (Å²) in [5.41, 5.74) is 6.59. The maximum Gasteiger partial charge on any atom is 0.431 e. The lowest BCUT2D eigenvalue weighted by Gasteiger charge is -2.19. The van der Waals surface area contributed by atoms with Crippen molar-refractivity contribution in [3.05, 3.63) is 35.5 Å². The molecule has 1 aliphatic rings. The zero-order chi connectivity index (χ0) is 15.2. The lowest BCUT2D eigenvalue weighted by atomic mass is 9.99. The first-order valence-electron chi connectivity index (χ1n) is 6.98. The van der Waals surface area contributed by atoms with Crippen molar-refractivity contribution in [1.29, 1.82) is 0 Å². The van der Waals surface area contributed by atoms with Gasteiger partial charge in [-0.2, -0.15) is 13.2 Å². The number of H-pyrrole nitrogens is 1. The minimum Gasteiger partial charge on any atom is -0.351 e. The Hall–Kier alpha value is -1.53. The van der Waals surface area contributed by atoms with Gasteiger partial charge in [-0.25, -0.2) is 0 Å². The van der Waals surface area contributed by atoms with Gasteiger partial charge >= 0.3 is 6.18 Å². The van der Waals surface area contributed by atoms with Gasteiger partial charge in [-0.15, -0.1) is 0 Å². The van der Waals surface area contributed by atoms with Crippen LogP contribution in [0.3, 0.4) is 0 Å². The second-order valence-corrected chi connectivity index (χ2v) is 5.82. The van der Waals surface area contributed by atoms with Gasteiger partial charge in [0.05, 0.1) is 0 Å². The lowest BCUT2D eigenvalue weighted by molar-refractivity contribution is -0.140. The van der Waals surface area contributed by atoms with Crippen LogP contribution in [0.1, 0.15) is 23.7 Å². The van der Waals surface area contributed by atoms with Crippen LogP contribution in [0, 0.1) is 5.92 Å². The molecule has 0 bridgehead atoms. The van der Waals surface area contributed by atoms with Crippen LogP contribution in [0.5, 0.6) is 0 Å². The highest BCUT2D eigenvalue weighted by Gasteiger charge is 2.33. The van der Waals surface area contributed by atoms with Gasteiger partial charge in [-0.1, -0.05) is 6.07 Å². The molecule has 3 nitrogen and oxygen atoms in total. The Balaban J connectivity index is 1.94. The number of alkyl halides is 3. The largest absolute Gasteiger partial charge is 0.431 e. The smallest absolute Gasteiger partial charge is 0.351 e. The molecular weight excluding hydrogens is 279 g/mol. The summed E-state index contributed by atoms with van der Waals surface area (Å²) in [6.07, 6.45) is -3.39. The molecule has 0 amide bonds. The molecule has 1 fully saturated rings. The highest BCUT2D eigenvalue weighted by atomic mass is 19.4. The molecular formula is C15H18F3N3. The number of aromatic amines is 1. The molecule has 6 heteroatoms. The van der Waals surface area contributed by atoms with E-state index in [9.17, 15) is 13.2 Å². The fourth-order valence-corrected chi connectivity index (χ4v) is 3.18. The molecule has 0 spiro atoms. The first-order chi connectivity index (χ1) is 9.88. The van der Waals surface area contributed by atoms with Gasteiger partial charge in [0, 0.05) is 23.5 Å². The van der Waals surface area contributed by atoms with E-state index in [1.54, 1.807) is 6.07 Å². The SMILES string of the molecule is CN1CC(CN)CC1c1ccc2[nH]c(C(F)(F)F)cc2c1. The summed E-state index contributed by atoms with van der Waals surface area (Å²) in [7, 11) is 2.03. The lowest BCUT2D eigenvalue weighted by Crippen LogP contribution is -2.20. The molecule has 3 rings (SSSR count). The van der Waals surface area contributed by atoms with Crippen molar-refractivity contribution in [2.75, 3.05) is 20.1 Å². The van der Waals surface area contributed by atoms with E-state index >= 15 is 0 Å². The summed E-state index contributed by atoms with van der Waals surface area (Å²) in [6, 6.07) is 6.88. The summed E-state index contributed by atoms with van der Waals surface area (Å²) in [5, 5.41) is 0.601. The number of nitrogens with two attached hydrogens (primary N) is 1. The van der Waals surface area contributed by atoms with Gasteiger partial charge in [-0.05, 0) is 49.7 Å². The van der Waals surface area contributed by atoms with Gasteiger partial charge < -0.3 is 10.7 Å². The number of rotatable bonds is 2. The first-order valence-corrected chi connectivity index (χ1v) is 6.98. The Kier molecular flexibility index (Phi) is 3.45. The Morgan fingerprint density at radius 1 is 1.33 bits per heavy atom. The third-order valence-electron chi connectivity index (χ3n) is 4.30. The molecule has 2 heterocycles. The second kappa shape index (κ2) is 5.03. The number of benzene rings is 1. The zero-order valence-electron chi connectivity index (χ0n) is 11.7. The summed E-state index contributed by atoms with van der Waals surface area (Å²) < 4.78 is 38.2. The highest BCUT2D eigenvalue weighted by molar-refractivity contribution is 5.81. The van der Waals surface area contributed by atoms with Crippen molar-refractivity contribution in [3.8, 4) is 0 Å². The molecule has 2 unspecified atom stereocenters. The maximum atomic E-state index is 12.7. The molecule has 1 aromatic carbocycles. The van der Waals surface area contributed by atoms with Crippen molar-refractivity contribution in [2.45, 2.75) is 18.6 Å². The fourth-order valence-electron chi connectivity index (χ4n) is 3.18. The van der Waals surface area contributed by atoms with Crippen LogP contribution >= 0.6 is 0 Å². The predicted molar refractivity (Wildman–Crippen MR) is 75.8 cm³/mol. The molecule has 0 saturated carbocycles. The van der Waals surface area contributed by atoms with E-state index in [0.717, 1.165) is 18.5 Å². The number of fused-ring (bicyclic) bond motifs is 1. The van der Waals surface area contributed by atoms with Crippen LogP contribution in [0.4, 0.5) is 13.2 Å². The van der Waals surface area contributed by atoms with E-state index in [-0.39, 0.29) is 6.04 Å². The minimum absolute atomic E-state index is 0.229. The maximum absolute atomic E-state index is 12.7. The molecule has 0 aliphatic carbocycles. The number of hydrogen-bond donors (Lipinski definition) is 2. The molecule has 0 radical (unpaired) electrons. The van der Waals surface area contributed by atoms with Crippen molar-refractivity contribution in [1.82, 2.24) is 9.88 Å². The summed E-state index contributed by atoms with van der Waals surface area (Å²) in [4.78, 5) is 4.64. The van der Waals surface area contributed by atoms with E-state index in [1.165, 1.54) is 6.07 Å². The summed E-state index contributed by atoms with van der Waals surface area (Å²) in [6.45, 7) is 1.58. The van der Waals surface area contributed by atoms with Gasteiger partial charge in [0.15, 0.2) is 0 Å². The molecule has 1 saturated heterocycles. The van der Waals surface area contributed by atoms with Crippen LogP contribution in [0.25, 0.3) is 10.9 Å². The molecule has 114 valence electrons. The van der Waals surface area contributed by atoms with Gasteiger partial charge in [0.25, 0.3) is 0 Å². The van der Waals surface area contributed by atoms with Gasteiger partial charge in [-0.3, -0.25) is 4.90 Å². The van der Waals surface area contributed by atoms with E-state index in [4.69, 9.17) is 5.73 Å². The van der Waals surface area contributed by atoms with Gasteiger partial charge in [0.1, 0.15) is 5.69 Å². The highest BCUT2D eigenvalue weighted by Crippen LogP contribution is 2.36. The molecule has 1 aromatic heterocycles. The van der Waals surface area contributed by atoms with E-state index < -0.39 is 11.9 Å². The topological polar surface area (TPSA) is 45.0 Å². The quantitative estimate of drug-likeness (QED) is 0.894. The number of likely N-dealkylation sites (tertiary alicyclic amines) is 1. The molecule has 3 N–H and O–H groups in total. The van der Waals surface area contributed by atoms with Crippen LogP contribution in [-0.4, -0.2) is 30.0 Å². The number of nitrogens with one attached hydrogen (secondary N) is 1. The van der Waals surface area contributed by atoms with Crippen molar-refractivity contribution < 1.29 is 13.2 Å². The molecule has 2 aromatic rings. The van der Waals surface area contributed by atoms with Crippen molar-refractivity contribution in [2.24, 2.45) is 11.7 Å². The molecule has 2 atom stereocenters. The Morgan fingerprint density at radius 3 is 2.71 bits per heavy atom. The number of nitrogens with zero attached hydrogens (tertiary/aromatic N) is 1. The zero-order valence-corrected chi connectivity index (χ0v) is 11.7. The normalized spacial score (nSPS) is 24.0.